The van der Waals surface area contributed by atoms with E-state index in [-0.39, 0.29) is 0 Å². The van der Waals surface area contributed by atoms with Crippen molar-refractivity contribution in [3.8, 4) is 11.4 Å². The summed E-state index contributed by atoms with van der Waals surface area (Å²) < 4.78 is 7.35. The van der Waals surface area contributed by atoms with Crippen molar-refractivity contribution in [2.75, 3.05) is 20.2 Å². The van der Waals surface area contributed by atoms with Crippen LogP contribution in [0.15, 0.2) is 54.6 Å². The molecule has 1 amide bonds. The summed E-state index contributed by atoms with van der Waals surface area (Å²) in [5.74, 6) is -0.394. The number of benzene rings is 2. The molecule has 0 spiro atoms. The molecule has 0 saturated carbocycles. The van der Waals surface area contributed by atoms with Gasteiger partial charge >= 0.3 is 0 Å². The van der Waals surface area contributed by atoms with E-state index in [4.69, 9.17) is 4.74 Å². The Hall–Kier alpha value is -3.41. The zero-order valence-electron chi connectivity index (χ0n) is 17.2. The molecule has 6 heteroatoms. The van der Waals surface area contributed by atoms with E-state index in [1.165, 1.54) is 4.90 Å². The van der Waals surface area contributed by atoms with Crippen molar-refractivity contribution >= 4 is 11.7 Å². The van der Waals surface area contributed by atoms with Gasteiger partial charge < -0.3 is 9.64 Å². The summed E-state index contributed by atoms with van der Waals surface area (Å²) in [6.45, 7) is 6.16. The highest BCUT2D eigenvalue weighted by Gasteiger charge is 2.27. The summed E-state index contributed by atoms with van der Waals surface area (Å²) in [5.41, 5.74) is 3.53. The molecule has 0 atom stereocenters. The van der Waals surface area contributed by atoms with Crippen molar-refractivity contribution in [1.29, 1.82) is 0 Å². The molecule has 0 aliphatic rings. The van der Waals surface area contributed by atoms with Gasteiger partial charge in [0.15, 0.2) is 0 Å². The minimum Gasteiger partial charge on any atom is -0.492 e. The number of nitrogens with zero attached hydrogens (tertiary/aromatic N) is 3. The van der Waals surface area contributed by atoms with Gasteiger partial charge in [-0.15, -0.1) is 0 Å². The first kappa shape index (κ1) is 20.3. The topological polar surface area (TPSA) is 64.4 Å². The molecule has 0 bridgehead atoms. The molecule has 1 aromatic heterocycles. The number of ketones is 1. The summed E-state index contributed by atoms with van der Waals surface area (Å²) >= 11 is 0. The third kappa shape index (κ3) is 4.54. The smallest absolute Gasteiger partial charge is 0.294 e. The van der Waals surface area contributed by atoms with Gasteiger partial charge in [-0.3, -0.25) is 9.59 Å². The van der Waals surface area contributed by atoms with E-state index in [1.807, 2.05) is 61.5 Å². The van der Waals surface area contributed by atoms with Gasteiger partial charge in [0, 0.05) is 7.05 Å². The summed E-state index contributed by atoms with van der Waals surface area (Å²) in [4.78, 5) is 26.9. The standard InChI is InChI=1S/C23H25N3O3/c1-16-10-12-20(13-11-16)29-15-14-25(4)23(28)22(27)21-17(2)24-26(18(21)3)19-8-6-5-7-9-19/h5-13H,14-15H2,1-4H3. The first-order chi connectivity index (χ1) is 13.9. The molecule has 6 nitrogen and oxygen atoms in total. The zero-order chi connectivity index (χ0) is 21.0. The van der Waals surface area contributed by atoms with Gasteiger partial charge in [-0.1, -0.05) is 35.9 Å². The third-order valence-electron chi connectivity index (χ3n) is 4.78. The van der Waals surface area contributed by atoms with Crippen LogP contribution in [0.25, 0.3) is 5.69 Å². The van der Waals surface area contributed by atoms with Crippen LogP contribution in [-0.4, -0.2) is 46.6 Å². The Morgan fingerprint density at radius 2 is 1.66 bits per heavy atom. The lowest BCUT2D eigenvalue weighted by Gasteiger charge is -2.17. The Morgan fingerprint density at radius 1 is 1.00 bits per heavy atom. The van der Waals surface area contributed by atoms with Crippen molar-refractivity contribution in [2.24, 2.45) is 0 Å². The predicted molar refractivity (Wildman–Crippen MR) is 112 cm³/mol. The second-order valence-electron chi connectivity index (χ2n) is 7.01. The zero-order valence-corrected chi connectivity index (χ0v) is 17.2. The number of aromatic nitrogens is 2. The van der Waals surface area contributed by atoms with Gasteiger partial charge in [0.05, 0.1) is 29.2 Å². The van der Waals surface area contributed by atoms with Crippen LogP contribution in [-0.2, 0) is 4.79 Å². The minimum absolute atomic E-state index is 0.305. The molecule has 3 aromatic rings. The highest BCUT2D eigenvalue weighted by Crippen LogP contribution is 2.19. The molecule has 29 heavy (non-hydrogen) atoms. The lowest BCUT2D eigenvalue weighted by Crippen LogP contribution is -2.36. The van der Waals surface area contributed by atoms with Gasteiger partial charge in [0.25, 0.3) is 11.7 Å². The molecule has 2 aromatic carbocycles. The summed E-state index contributed by atoms with van der Waals surface area (Å²) in [6.07, 6.45) is 0. The van der Waals surface area contributed by atoms with E-state index >= 15 is 0 Å². The number of carbonyl (C=O) groups is 2. The first-order valence-electron chi connectivity index (χ1n) is 9.49. The van der Waals surface area contributed by atoms with Crippen LogP contribution in [0.2, 0.25) is 0 Å². The second-order valence-corrected chi connectivity index (χ2v) is 7.01. The molecular weight excluding hydrogens is 366 g/mol. The van der Waals surface area contributed by atoms with Gasteiger partial charge in [-0.05, 0) is 45.0 Å². The molecule has 0 aliphatic carbocycles. The first-order valence-corrected chi connectivity index (χ1v) is 9.49. The van der Waals surface area contributed by atoms with Crippen molar-refractivity contribution < 1.29 is 14.3 Å². The Morgan fingerprint density at radius 3 is 2.31 bits per heavy atom. The van der Waals surface area contributed by atoms with Crippen LogP contribution >= 0.6 is 0 Å². The minimum atomic E-state index is -0.573. The molecule has 3 rings (SSSR count). The molecule has 0 aliphatic heterocycles. The quantitative estimate of drug-likeness (QED) is 0.457. The number of hydrogen-bond donors (Lipinski definition) is 0. The number of aryl methyl sites for hydroxylation is 2. The molecule has 0 fully saturated rings. The van der Waals surface area contributed by atoms with Crippen LogP contribution in [0.3, 0.4) is 0 Å². The van der Waals surface area contributed by atoms with E-state index in [1.54, 1.807) is 25.6 Å². The third-order valence-corrected chi connectivity index (χ3v) is 4.78. The van der Waals surface area contributed by atoms with Crippen molar-refractivity contribution in [2.45, 2.75) is 20.8 Å². The Bertz CT molecular complexity index is 1010. The maximum absolute atomic E-state index is 12.9. The second kappa shape index (κ2) is 8.73. The molecule has 150 valence electrons. The fraction of sp³-hybridized carbons (Fsp3) is 0.261. The van der Waals surface area contributed by atoms with Gasteiger partial charge in [0.2, 0.25) is 0 Å². The van der Waals surface area contributed by atoms with Crippen LogP contribution in [0.5, 0.6) is 5.75 Å². The summed E-state index contributed by atoms with van der Waals surface area (Å²) in [5, 5.41) is 4.45. The lowest BCUT2D eigenvalue weighted by atomic mass is 10.1. The monoisotopic (exact) mass is 391 g/mol. The fourth-order valence-corrected chi connectivity index (χ4v) is 3.11. The molecule has 0 N–H and O–H groups in total. The van der Waals surface area contributed by atoms with Crippen LogP contribution < -0.4 is 4.74 Å². The van der Waals surface area contributed by atoms with Crippen molar-refractivity contribution in [1.82, 2.24) is 14.7 Å². The van der Waals surface area contributed by atoms with Crippen molar-refractivity contribution in [3.63, 3.8) is 0 Å². The average Bonchev–Trinajstić information content (AvgIpc) is 3.03. The number of carbonyl (C=O) groups excluding carboxylic acids is 2. The highest BCUT2D eigenvalue weighted by molar-refractivity contribution is 6.43. The molecule has 0 saturated heterocycles. The summed E-state index contributed by atoms with van der Waals surface area (Å²) in [6, 6.07) is 17.2. The Balaban J connectivity index is 1.67. The van der Waals surface area contributed by atoms with Crippen LogP contribution in [0.1, 0.15) is 27.3 Å². The molecular formula is C23H25N3O3. The number of para-hydroxylation sites is 1. The molecule has 0 radical (unpaired) electrons. The van der Waals surface area contributed by atoms with Crippen LogP contribution in [0.4, 0.5) is 0 Å². The Kier molecular flexibility index (Phi) is 6.12. The number of likely N-dealkylation sites (N-methyl/N-ethyl adjacent to an activating group) is 1. The SMILES string of the molecule is Cc1ccc(OCCN(C)C(=O)C(=O)c2c(C)nn(-c3ccccc3)c2C)cc1. The highest BCUT2D eigenvalue weighted by atomic mass is 16.5. The van der Waals surface area contributed by atoms with E-state index in [2.05, 4.69) is 5.10 Å². The maximum atomic E-state index is 12.9. The van der Waals surface area contributed by atoms with Crippen molar-refractivity contribution in [3.05, 3.63) is 77.1 Å². The summed E-state index contributed by atoms with van der Waals surface area (Å²) in [7, 11) is 1.60. The van der Waals surface area contributed by atoms with Gasteiger partial charge in [-0.25, -0.2) is 4.68 Å². The van der Waals surface area contributed by atoms with E-state index in [9.17, 15) is 9.59 Å². The number of rotatable bonds is 7. The normalized spacial score (nSPS) is 10.6. The number of amides is 1. The predicted octanol–water partition coefficient (Wildman–Crippen LogP) is 3.52. The maximum Gasteiger partial charge on any atom is 0.294 e. The van der Waals surface area contributed by atoms with E-state index < -0.39 is 11.7 Å². The largest absolute Gasteiger partial charge is 0.492 e. The van der Waals surface area contributed by atoms with Gasteiger partial charge in [0.1, 0.15) is 12.4 Å². The fourth-order valence-electron chi connectivity index (χ4n) is 3.11. The van der Waals surface area contributed by atoms with Gasteiger partial charge in [-0.2, -0.15) is 5.10 Å². The lowest BCUT2D eigenvalue weighted by molar-refractivity contribution is -0.125. The number of hydrogen-bond acceptors (Lipinski definition) is 4. The average molecular weight is 391 g/mol. The molecule has 0 unspecified atom stereocenters. The van der Waals surface area contributed by atoms with E-state index in [0.29, 0.717) is 30.1 Å². The molecule has 1 heterocycles. The number of ether oxygens (including phenoxy) is 1. The Labute approximate surface area is 170 Å². The van der Waals surface area contributed by atoms with E-state index in [0.717, 1.165) is 17.0 Å². The number of Topliss-reactive ketones (excluding diaryl/α,β-unsaturated/α-hetero) is 1. The van der Waals surface area contributed by atoms with Crippen LogP contribution in [0, 0.1) is 20.8 Å².